The Labute approximate surface area is 198 Å². The predicted octanol–water partition coefficient (Wildman–Crippen LogP) is 4.01. The maximum atomic E-state index is 13.5. The standard InChI is InChI=1S/C23H20F3N3O4S/c1-12(30)19-11-32-18-9-15(6-7-17(18)33-19)29-21(34)28(20(31)22(29,2)3)14-5-4-13(10-27)16(8-14)23(24,25)26/h4-9,12,19,30H,11H2,1-3H3. The van der Waals surface area contributed by atoms with Crippen molar-refractivity contribution < 1.29 is 32.5 Å². The number of benzene rings is 2. The molecule has 7 nitrogen and oxygen atoms in total. The second-order valence-corrected chi connectivity index (χ2v) is 8.86. The van der Waals surface area contributed by atoms with Crippen LogP contribution in [-0.4, -0.2) is 40.5 Å². The first-order valence-corrected chi connectivity index (χ1v) is 10.7. The van der Waals surface area contributed by atoms with Crippen LogP contribution in [0.5, 0.6) is 11.5 Å². The SMILES string of the molecule is CC(O)C1COc2cc(N3C(=S)N(c4ccc(C#N)c(C(F)(F)F)c4)C(=O)C3(C)C)ccc2O1. The van der Waals surface area contributed by atoms with Crippen molar-refractivity contribution in [3.05, 3.63) is 47.5 Å². The van der Waals surface area contributed by atoms with Crippen LogP contribution in [0, 0.1) is 11.3 Å². The smallest absolute Gasteiger partial charge is 0.417 e. The first-order chi connectivity index (χ1) is 15.9. The third kappa shape index (κ3) is 3.82. The third-order valence-electron chi connectivity index (χ3n) is 5.76. The number of anilines is 2. The predicted molar refractivity (Wildman–Crippen MR) is 121 cm³/mol. The Morgan fingerprint density at radius 2 is 1.88 bits per heavy atom. The minimum Gasteiger partial charge on any atom is -0.486 e. The van der Waals surface area contributed by atoms with Gasteiger partial charge in [0, 0.05) is 11.8 Å². The highest BCUT2D eigenvalue weighted by Gasteiger charge is 2.51. The molecule has 1 amide bonds. The number of alkyl halides is 3. The van der Waals surface area contributed by atoms with E-state index in [9.17, 15) is 23.1 Å². The van der Waals surface area contributed by atoms with Crippen molar-refractivity contribution >= 4 is 34.6 Å². The summed E-state index contributed by atoms with van der Waals surface area (Å²) < 4.78 is 51.9. The fraction of sp³-hybridized carbons (Fsp3) is 0.348. The monoisotopic (exact) mass is 491 g/mol. The van der Waals surface area contributed by atoms with E-state index in [0.29, 0.717) is 17.2 Å². The summed E-state index contributed by atoms with van der Waals surface area (Å²) in [5, 5.41) is 18.8. The molecule has 11 heteroatoms. The number of aliphatic hydroxyl groups excluding tert-OH is 1. The summed E-state index contributed by atoms with van der Waals surface area (Å²) >= 11 is 5.54. The Kier molecular flexibility index (Phi) is 5.70. The molecule has 2 aliphatic rings. The third-order valence-corrected chi connectivity index (χ3v) is 6.13. The number of nitriles is 1. The van der Waals surface area contributed by atoms with Crippen LogP contribution in [0.25, 0.3) is 0 Å². The molecular formula is C23H20F3N3O4S. The Morgan fingerprint density at radius 3 is 2.50 bits per heavy atom. The van der Waals surface area contributed by atoms with Gasteiger partial charge in [-0.05, 0) is 63.3 Å². The van der Waals surface area contributed by atoms with Crippen LogP contribution in [0.3, 0.4) is 0 Å². The zero-order valence-corrected chi connectivity index (χ0v) is 19.2. The fourth-order valence-corrected chi connectivity index (χ4v) is 4.43. The molecule has 2 aliphatic heterocycles. The van der Waals surface area contributed by atoms with Gasteiger partial charge in [-0.15, -0.1) is 0 Å². The summed E-state index contributed by atoms with van der Waals surface area (Å²) in [6, 6.07) is 9.45. The Hall–Kier alpha value is -3.36. The second kappa shape index (κ2) is 8.14. The van der Waals surface area contributed by atoms with Crippen molar-refractivity contribution in [1.29, 1.82) is 5.26 Å². The van der Waals surface area contributed by atoms with Crippen LogP contribution in [0.4, 0.5) is 24.5 Å². The number of aliphatic hydroxyl groups is 1. The molecule has 4 rings (SSSR count). The molecule has 0 radical (unpaired) electrons. The number of hydrogen-bond acceptors (Lipinski definition) is 6. The summed E-state index contributed by atoms with van der Waals surface area (Å²) in [6.07, 6.45) is -6.04. The lowest BCUT2D eigenvalue weighted by atomic mass is 10.0. The summed E-state index contributed by atoms with van der Waals surface area (Å²) in [7, 11) is 0. The largest absolute Gasteiger partial charge is 0.486 e. The molecule has 2 aromatic rings. The highest BCUT2D eigenvalue weighted by atomic mass is 32.1. The van der Waals surface area contributed by atoms with Gasteiger partial charge in [0.25, 0.3) is 5.91 Å². The average Bonchev–Trinajstić information content (AvgIpc) is 2.95. The summed E-state index contributed by atoms with van der Waals surface area (Å²) in [6.45, 7) is 4.93. The van der Waals surface area contributed by atoms with E-state index in [0.717, 1.165) is 17.0 Å². The maximum Gasteiger partial charge on any atom is 0.417 e. The van der Waals surface area contributed by atoms with E-state index >= 15 is 0 Å². The molecule has 0 saturated carbocycles. The lowest BCUT2D eigenvalue weighted by Crippen LogP contribution is -2.44. The van der Waals surface area contributed by atoms with Gasteiger partial charge in [-0.1, -0.05) is 0 Å². The van der Waals surface area contributed by atoms with Crippen LogP contribution in [0.15, 0.2) is 36.4 Å². The Balaban J connectivity index is 1.73. The lowest BCUT2D eigenvalue weighted by Gasteiger charge is -2.32. The number of carbonyl (C=O) groups excluding carboxylic acids is 1. The van der Waals surface area contributed by atoms with Gasteiger partial charge < -0.3 is 19.5 Å². The number of halogens is 3. The second-order valence-electron chi connectivity index (χ2n) is 8.50. The lowest BCUT2D eigenvalue weighted by molar-refractivity contribution is -0.137. The molecule has 0 aliphatic carbocycles. The maximum absolute atomic E-state index is 13.5. The molecular weight excluding hydrogens is 471 g/mol. The van der Waals surface area contributed by atoms with E-state index in [2.05, 4.69) is 0 Å². The zero-order valence-electron chi connectivity index (χ0n) is 18.4. The normalized spacial score (nSPS) is 20.4. The van der Waals surface area contributed by atoms with E-state index in [1.807, 2.05) is 0 Å². The molecule has 2 aromatic carbocycles. The average molecular weight is 491 g/mol. The zero-order chi connectivity index (χ0) is 25.0. The van der Waals surface area contributed by atoms with Gasteiger partial charge >= 0.3 is 6.18 Å². The van der Waals surface area contributed by atoms with Crippen LogP contribution in [-0.2, 0) is 11.0 Å². The van der Waals surface area contributed by atoms with Crippen LogP contribution in [0.2, 0.25) is 0 Å². The van der Waals surface area contributed by atoms with Crippen molar-refractivity contribution in [2.24, 2.45) is 0 Å². The molecule has 1 N–H and O–H groups in total. The highest BCUT2D eigenvalue weighted by molar-refractivity contribution is 7.81. The van der Waals surface area contributed by atoms with E-state index in [1.165, 1.54) is 17.0 Å². The topological polar surface area (TPSA) is 86.0 Å². The number of amides is 1. The summed E-state index contributed by atoms with van der Waals surface area (Å²) in [5.74, 6) is 0.268. The van der Waals surface area contributed by atoms with Crippen LogP contribution in [0.1, 0.15) is 31.9 Å². The van der Waals surface area contributed by atoms with Gasteiger partial charge in [0.05, 0.1) is 29.0 Å². The summed E-state index contributed by atoms with van der Waals surface area (Å²) in [5.41, 5.74) is -2.53. The number of hydrogen-bond donors (Lipinski definition) is 1. The number of ether oxygens (including phenoxy) is 2. The molecule has 2 unspecified atom stereocenters. The van der Waals surface area contributed by atoms with Gasteiger partial charge in [-0.25, -0.2) is 0 Å². The number of thiocarbonyl (C=S) groups is 1. The number of rotatable bonds is 3. The Morgan fingerprint density at radius 1 is 1.21 bits per heavy atom. The first-order valence-electron chi connectivity index (χ1n) is 10.3. The van der Waals surface area contributed by atoms with Crippen molar-refractivity contribution in [3.8, 4) is 17.6 Å². The van der Waals surface area contributed by atoms with Gasteiger partial charge in [-0.2, -0.15) is 18.4 Å². The van der Waals surface area contributed by atoms with E-state index in [4.69, 9.17) is 27.0 Å². The summed E-state index contributed by atoms with van der Waals surface area (Å²) in [4.78, 5) is 15.9. The van der Waals surface area contributed by atoms with Crippen molar-refractivity contribution in [2.45, 2.75) is 44.7 Å². The molecule has 34 heavy (non-hydrogen) atoms. The van der Waals surface area contributed by atoms with Crippen LogP contribution < -0.4 is 19.3 Å². The molecule has 1 saturated heterocycles. The van der Waals surface area contributed by atoms with Gasteiger partial charge in [0.1, 0.15) is 12.1 Å². The first kappa shape index (κ1) is 23.8. The highest BCUT2D eigenvalue weighted by Crippen LogP contribution is 2.42. The van der Waals surface area contributed by atoms with Gasteiger partial charge in [0.15, 0.2) is 22.7 Å². The number of nitrogens with zero attached hydrogens (tertiary/aromatic N) is 3. The minimum atomic E-state index is -4.78. The van der Waals surface area contributed by atoms with Gasteiger partial charge in [0.2, 0.25) is 0 Å². The minimum absolute atomic E-state index is 0.0219. The van der Waals surface area contributed by atoms with E-state index in [-0.39, 0.29) is 17.4 Å². The van der Waals surface area contributed by atoms with Crippen molar-refractivity contribution in [1.82, 2.24) is 0 Å². The number of fused-ring (bicyclic) bond motifs is 1. The molecule has 1 fully saturated rings. The molecule has 178 valence electrons. The van der Waals surface area contributed by atoms with E-state index < -0.39 is 41.0 Å². The fourth-order valence-electron chi connectivity index (χ4n) is 3.91. The van der Waals surface area contributed by atoms with E-state index in [1.54, 1.807) is 39.0 Å². The molecule has 2 atom stereocenters. The number of carbonyl (C=O) groups is 1. The molecule has 0 aromatic heterocycles. The molecule has 2 heterocycles. The van der Waals surface area contributed by atoms with Gasteiger partial charge in [-0.3, -0.25) is 9.69 Å². The molecule has 0 spiro atoms. The quantitative estimate of drug-likeness (QED) is 0.650. The van der Waals surface area contributed by atoms with Crippen molar-refractivity contribution in [3.63, 3.8) is 0 Å². The molecule has 0 bridgehead atoms. The van der Waals surface area contributed by atoms with Crippen LogP contribution >= 0.6 is 12.2 Å². The van der Waals surface area contributed by atoms with Crippen molar-refractivity contribution in [2.75, 3.05) is 16.4 Å². The Bertz CT molecular complexity index is 1220.